The zero-order valence-corrected chi connectivity index (χ0v) is 21.3. The van der Waals surface area contributed by atoms with E-state index in [1.165, 1.54) is 30.5 Å². The molecule has 1 heterocycles. The average molecular weight is 515 g/mol. The van der Waals surface area contributed by atoms with Crippen molar-refractivity contribution in [3.8, 4) is 5.75 Å². The molecule has 0 aliphatic carbocycles. The van der Waals surface area contributed by atoms with Gasteiger partial charge in [-0.05, 0) is 54.4 Å². The number of methoxy groups -OCH3 is 1. The zero-order valence-electron chi connectivity index (χ0n) is 20.4. The fraction of sp³-hybridized carbons (Fsp3) is 0.103. The average Bonchev–Trinajstić information content (AvgIpc) is 2.93. The molecule has 188 valence electrons. The Labute approximate surface area is 216 Å². The van der Waals surface area contributed by atoms with Crippen LogP contribution in [-0.2, 0) is 21.3 Å². The van der Waals surface area contributed by atoms with Gasteiger partial charge in [-0.2, -0.15) is 0 Å². The minimum Gasteiger partial charge on any atom is -0.497 e. The van der Waals surface area contributed by atoms with Crippen molar-refractivity contribution in [1.82, 2.24) is 9.29 Å². The SMILES string of the molecule is COc1ccc(/C=C(/OC(=O)c2ccccn2)N(Cc2ccccc2)S(=O)(=O)c2ccc(C)cc2)cc1. The maximum absolute atomic E-state index is 14.0. The lowest BCUT2D eigenvalue weighted by Crippen LogP contribution is -2.32. The number of hydrogen-bond acceptors (Lipinski definition) is 6. The van der Waals surface area contributed by atoms with Gasteiger partial charge in [0.2, 0.25) is 5.88 Å². The van der Waals surface area contributed by atoms with E-state index in [0.717, 1.165) is 9.87 Å². The van der Waals surface area contributed by atoms with Gasteiger partial charge < -0.3 is 9.47 Å². The quantitative estimate of drug-likeness (QED) is 0.218. The summed E-state index contributed by atoms with van der Waals surface area (Å²) in [5.74, 6) is -0.305. The summed E-state index contributed by atoms with van der Waals surface area (Å²) in [6.07, 6.45) is 2.98. The van der Waals surface area contributed by atoms with Crippen LogP contribution in [0.3, 0.4) is 0 Å². The minimum atomic E-state index is -4.13. The zero-order chi connectivity index (χ0) is 26.3. The highest BCUT2D eigenvalue weighted by molar-refractivity contribution is 7.89. The lowest BCUT2D eigenvalue weighted by molar-refractivity contribution is 0.0554. The van der Waals surface area contributed by atoms with Gasteiger partial charge in [0.05, 0.1) is 18.6 Å². The number of nitrogens with zero attached hydrogens (tertiary/aromatic N) is 2. The van der Waals surface area contributed by atoms with Gasteiger partial charge >= 0.3 is 5.97 Å². The second kappa shape index (κ2) is 11.5. The molecule has 0 N–H and O–H groups in total. The lowest BCUT2D eigenvalue weighted by Gasteiger charge is -2.26. The Morgan fingerprint density at radius 1 is 0.892 bits per heavy atom. The van der Waals surface area contributed by atoms with Crippen LogP contribution in [0.25, 0.3) is 6.08 Å². The number of rotatable bonds is 9. The third kappa shape index (κ3) is 6.42. The molecular formula is C29H26N2O5S. The normalized spacial score (nSPS) is 11.6. The Morgan fingerprint density at radius 3 is 2.19 bits per heavy atom. The third-order valence-electron chi connectivity index (χ3n) is 5.50. The van der Waals surface area contributed by atoms with Gasteiger partial charge in [-0.3, -0.25) is 0 Å². The summed E-state index contributed by atoms with van der Waals surface area (Å²) < 4.78 is 40.0. The second-order valence-electron chi connectivity index (χ2n) is 8.17. The standard InChI is InChI=1S/C29H26N2O5S/c1-22-11-17-26(18-12-22)37(33,34)31(21-24-8-4-3-5-9-24)28(20-23-13-15-25(35-2)16-14-23)36-29(32)27-10-6-7-19-30-27/h3-20H,21H2,1-2H3/b28-20+. The highest BCUT2D eigenvalue weighted by atomic mass is 32.2. The molecular weight excluding hydrogens is 488 g/mol. The first kappa shape index (κ1) is 25.7. The second-order valence-corrected chi connectivity index (χ2v) is 10.0. The van der Waals surface area contributed by atoms with E-state index in [9.17, 15) is 13.2 Å². The smallest absolute Gasteiger partial charge is 0.363 e. The maximum atomic E-state index is 14.0. The molecule has 0 spiro atoms. The van der Waals surface area contributed by atoms with Crippen LogP contribution < -0.4 is 4.74 Å². The van der Waals surface area contributed by atoms with Crippen molar-refractivity contribution >= 4 is 22.1 Å². The number of sulfonamides is 1. The van der Waals surface area contributed by atoms with E-state index >= 15 is 0 Å². The molecule has 4 aromatic rings. The highest BCUT2D eigenvalue weighted by Crippen LogP contribution is 2.27. The van der Waals surface area contributed by atoms with Gasteiger partial charge in [-0.25, -0.2) is 22.5 Å². The first-order valence-corrected chi connectivity index (χ1v) is 12.9. The Bertz CT molecular complexity index is 1470. The number of ether oxygens (including phenoxy) is 2. The van der Waals surface area contributed by atoms with Crippen LogP contribution in [0.1, 0.15) is 27.2 Å². The van der Waals surface area contributed by atoms with Crippen molar-refractivity contribution in [1.29, 1.82) is 0 Å². The van der Waals surface area contributed by atoms with E-state index < -0.39 is 16.0 Å². The van der Waals surface area contributed by atoms with Gasteiger partial charge in [0.1, 0.15) is 11.4 Å². The van der Waals surface area contributed by atoms with Crippen LogP contribution in [0.15, 0.2) is 114 Å². The molecule has 0 saturated heterocycles. The lowest BCUT2D eigenvalue weighted by atomic mass is 10.2. The van der Waals surface area contributed by atoms with Crippen molar-refractivity contribution in [2.45, 2.75) is 18.4 Å². The monoisotopic (exact) mass is 514 g/mol. The summed E-state index contributed by atoms with van der Waals surface area (Å²) in [7, 11) is -2.58. The summed E-state index contributed by atoms with van der Waals surface area (Å²) in [6, 6.07) is 27.4. The van der Waals surface area contributed by atoms with E-state index in [0.29, 0.717) is 16.9 Å². The van der Waals surface area contributed by atoms with Crippen LogP contribution in [0, 0.1) is 6.92 Å². The van der Waals surface area contributed by atoms with E-state index in [-0.39, 0.29) is 23.0 Å². The van der Waals surface area contributed by atoms with Crippen molar-refractivity contribution in [3.63, 3.8) is 0 Å². The largest absolute Gasteiger partial charge is 0.497 e. The first-order valence-electron chi connectivity index (χ1n) is 11.5. The number of hydrogen-bond donors (Lipinski definition) is 0. The number of benzene rings is 3. The van der Waals surface area contributed by atoms with Crippen LogP contribution in [0.5, 0.6) is 5.75 Å². The number of aromatic nitrogens is 1. The predicted octanol–water partition coefficient (Wildman–Crippen LogP) is 5.45. The van der Waals surface area contributed by atoms with Crippen molar-refractivity contribution in [2.75, 3.05) is 7.11 Å². The highest BCUT2D eigenvalue weighted by Gasteiger charge is 2.30. The molecule has 0 unspecified atom stereocenters. The molecule has 7 nitrogen and oxygen atoms in total. The van der Waals surface area contributed by atoms with Crippen LogP contribution in [0.2, 0.25) is 0 Å². The van der Waals surface area contributed by atoms with Crippen molar-refractivity contribution < 1.29 is 22.7 Å². The number of aryl methyl sites for hydroxylation is 1. The van der Waals surface area contributed by atoms with E-state index in [2.05, 4.69) is 4.98 Å². The summed E-state index contributed by atoms with van der Waals surface area (Å²) in [5.41, 5.74) is 2.30. The summed E-state index contributed by atoms with van der Waals surface area (Å²) in [5, 5.41) is 0. The van der Waals surface area contributed by atoms with Crippen molar-refractivity contribution in [3.05, 3.63) is 132 Å². The van der Waals surface area contributed by atoms with E-state index in [4.69, 9.17) is 9.47 Å². The number of carbonyl (C=O) groups is 1. The molecule has 1 aromatic heterocycles. The van der Waals surface area contributed by atoms with Gasteiger partial charge in [0.25, 0.3) is 10.0 Å². The summed E-state index contributed by atoms with van der Waals surface area (Å²) in [6.45, 7) is 1.82. The van der Waals surface area contributed by atoms with Crippen LogP contribution in [-0.4, -0.2) is 30.8 Å². The molecule has 0 bridgehead atoms. The van der Waals surface area contributed by atoms with Crippen LogP contribution >= 0.6 is 0 Å². The Morgan fingerprint density at radius 2 is 1.57 bits per heavy atom. The Balaban J connectivity index is 1.84. The van der Waals surface area contributed by atoms with Gasteiger partial charge in [0.15, 0.2) is 0 Å². The number of esters is 1. The molecule has 0 amide bonds. The summed E-state index contributed by atoms with van der Waals surface area (Å²) >= 11 is 0. The molecule has 0 atom stereocenters. The summed E-state index contributed by atoms with van der Waals surface area (Å²) in [4.78, 5) is 17.2. The molecule has 0 aliphatic heterocycles. The molecule has 0 fully saturated rings. The van der Waals surface area contributed by atoms with Gasteiger partial charge in [-0.1, -0.05) is 66.2 Å². The molecule has 4 rings (SSSR count). The molecule has 37 heavy (non-hydrogen) atoms. The molecule has 0 aliphatic rings. The fourth-order valence-corrected chi connectivity index (χ4v) is 4.87. The molecule has 8 heteroatoms. The van der Waals surface area contributed by atoms with E-state index in [1.54, 1.807) is 55.6 Å². The molecule has 0 radical (unpaired) electrons. The first-order chi connectivity index (χ1) is 17.9. The van der Waals surface area contributed by atoms with Crippen molar-refractivity contribution in [2.24, 2.45) is 0 Å². The minimum absolute atomic E-state index is 0.0514. The van der Waals surface area contributed by atoms with Gasteiger partial charge in [0, 0.05) is 12.3 Å². The Hall–Kier alpha value is -4.43. The fourth-order valence-electron chi connectivity index (χ4n) is 3.49. The number of carbonyl (C=O) groups excluding carboxylic acids is 1. The molecule has 3 aromatic carbocycles. The van der Waals surface area contributed by atoms with Gasteiger partial charge in [-0.15, -0.1) is 0 Å². The van der Waals surface area contributed by atoms with E-state index in [1.807, 2.05) is 37.3 Å². The molecule has 0 saturated carbocycles. The predicted molar refractivity (Wildman–Crippen MR) is 141 cm³/mol. The number of pyridine rings is 1. The van der Waals surface area contributed by atoms with Crippen LogP contribution in [0.4, 0.5) is 0 Å². The Kier molecular flexibility index (Phi) is 8.00. The topological polar surface area (TPSA) is 85.8 Å². The third-order valence-corrected chi connectivity index (χ3v) is 7.26. The maximum Gasteiger partial charge on any atom is 0.363 e.